The summed E-state index contributed by atoms with van der Waals surface area (Å²) in [5, 5.41) is 10.6. The van der Waals surface area contributed by atoms with E-state index in [1.165, 1.54) is 135 Å². The second-order valence-corrected chi connectivity index (χ2v) is 37.5. The van der Waals surface area contributed by atoms with Crippen molar-refractivity contribution in [3.63, 3.8) is 0 Å². The number of aliphatic imine (C=N–C) groups is 1. The first-order valence-electron chi connectivity index (χ1n) is 42.1. The van der Waals surface area contributed by atoms with E-state index in [1.807, 2.05) is 30.9 Å². The molecular weight excluding hydrogens is 1960 g/mol. The minimum absolute atomic E-state index is 0.170. The molecule has 0 radical (unpaired) electrons. The number of aromatic nitrogens is 12. The fraction of sp³-hybridized carbons (Fsp3) is 0.204. The number of sulfone groups is 1. The smallest absolute Gasteiger partial charge is 0.419 e. The number of ether oxygens (including phenoxy) is 7. The van der Waals surface area contributed by atoms with Gasteiger partial charge in [0.15, 0.2) is 15.5 Å². The second kappa shape index (κ2) is 49.4. The topological polar surface area (TPSA) is 363 Å². The van der Waals surface area contributed by atoms with E-state index in [9.17, 15) is 49.1 Å². The fourth-order valence-electron chi connectivity index (χ4n) is 11.9. The zero-order valence-electron chi connectivity index (χ0n) is 77.7. The van der Waals surface area contributed by atoms with Gasteiger partial charge in [-0.2, -0.15) is 0 Å². The molecule has 14 aromatic rings. The number of carbonyl (C=O) groups excluding carboxylic acids is 3. The maximum atomic E-state index is 13.5. The number of pyridine rings is 4. The van der Waals surface area contributed by atoms with Crippen molar-refractivity contribution in [2.45, 2.75) is 113 Å². The maximum Gasteiger partial charge on any atom is 0.419 e. The van der Waals surface area contributed by atoms with Gasteiger partial charge in [-0.05, 0) is 254 Å². The van der Waals surface area contributed by atoms with E-state index in [1.54, 1.807) is 216 Å². The van der Waals surface area contributed by atoms with E-state index in [0.717, 1.165) is 62.8 Å². The summed E-state index contributed by atoms with van der Waals surface area (Å²) in [7, 11) is -2.01. The first-order chi connectivity index (χ1) is 66.7. The number of rotatable bonds is 24. The Labute approximate surface area is 825 Å². The van der Waals surface area contributed by atoms with Crippen molar-refractivity contribution < 1.29 is 82.3 Å². The normalized spacial score (nSPS) is 12.1. The monoisotopic (exact) mass is 2050 g/mol. The van der Waals surface area contributed by atoms with E-state index in [2.05, 4.69) is 96.7 Å². The van der Waals surface area contributed by atoms with Crippen molar-refractivity contribution >= 4 is 130 Å². The number of amides is 3. The molecule has 42 heteroatoms. The van der Waals surface area contributed by atoms with Crippen molar-refractivity contribution in [3.05, 3.63) is 330 Å². The minimum Gasteiger partial charge on any atom is -0.443 e. The second-order valence-electron chi connectivity index (χ2n) is 32.4. The summed E-state index contributed by atoms with van der Waals surface area (Å²) in [6.07, 6.45) is 22.6. The van der Waals surface area contributed by atoms with Crippen LogP contribution in [0.5, 0.6) is 46.5 Å². The Morgan fingerprint density at radius 2 is 0.757 bits per heavy atom. The number of amidine groups is 1. The highest BCUT2D eigenvalue weighted by Gasteiger charge is 2.36. The van der Waals surface area contributed by atoms with Crippen LogP contribution in [0.15, 0.2) is 299 Å². The third-order valence-electron chi connectivity index (χ3n) is 18.0. The van der Waals surface area contributed by atoms with Crippen LogP contribution < -0.4 is 49.6 Å². The zero-order chi connectivity index (χ0) is 101. The Kier molecular flexibility index (Phi) is 37.3. The van der Waals surface area contributed by atoms with Crippen LogP contribution in [-0.2, 0) is 36.9 Å². The molecule has 3 N–H and O–H groups in total. The van der Waals surface area contributed by atoms with Gasteiger partial charge in [0.2, 0.25) is 44.5 Å². The van der Waals surface area contributed by atoms with Crippen molar-refractivity contribution in [3.8, 4) is 46.5 Å². The van der Waals surface area contributed by atoms with Crippen molar-refractivity contribution in [2.24, 2.45) is 4.99 Å². The first kappa shape index (κ1) is 106. The molecule has 1 unspecified atom stereocenters. The standard InChI is InChI=1S/C28H27F2N5O3.C28H28F2N4O5S.C21H21FN4O3S.C16H13FN4OS.C5H5BrN2S/c1-28(2,3)38-27(36)35(21-10-12-22(13-11-21)37-25-14-9-20(30)16-32-25)24-17-33-26(31-4)34-23(24)15-18-5-7-19(29)8-6-18;1-28(2,3)39-27(35)34(21-10-12-22(13-11-21)38-25-14-9-20(30)16-31-25)24-17-32-26(40(4,36)37)33-23(24)15-18-5-7-19(29)8-6-18;1-21(2,3)29-20(27)26(16-12-24-19(30-4)25-13-16)15-6-8-17(9-7-15)28-18-10-5-14(22)11-23-18;1-23-16-19-9-13(10-20-16)21-12-3-5-14(6-4-12)22-15-7-2-11(17)8-18-15;1-9-5-7-2-4(6)3-8-5/h5-14,16-17H,15H2,1-4H3,(H,31,33,34);5-14,16-17,23H,15H2,1-4H3,(H,32,33);5-13H,1-4H3;2-10,21H,1H3;2-3H,1H3. The first-order valence-corrected chi connectivity index (χ1v) is 48.5. The van der Waals surface area contributed by atoms with Crippen LogP contribution in [0.2, 0.25) is 0 Å². The van der Waals surface area contributed by atoms with Gasteiger partial charge in [0.25, 0.3) is 0 Å². The lowest BCUT2D eigenvalue weighted by molar-refractivity contribution is 0.0581. The number of halogens is 7. The lowest BCUT2D eigenvalue weighted by Crippen LogP contribution is -2.44. The summed E-state index contributed by atoms with van der Waals surface area (Å²) in [6, 6.07) is 48.8. The number of anilines is 8. The lowest BCUT2D eigenvalue weighted by atomic mass is 10.0. The largest absolute Gasteiger partial charge is 0.443 e. The molecule has 0 saturated heterocycles. The predicted molar refractivity (Wildman–Crippen MR) is 529 cm³/mol. The number of benzene rings is 6. The van der Waals surface area contributed by atoms with Crippen LogP contribution in [0, 0.1) is 34.9 Å². The summed E-state index contributed by atoms with van der Waals surface area (Å²) >= 11 is 7.67. The third kappa shape index (κ3) is 33.5. The van der Waals surface area contributed by atoms with Crippen LogP contribution >= 0.6 is 51.2 Å². The van der Waals surface area contributed by atoms with Crippen molar-refractivity contribution in [1.82, 2.24) is 65.1 Å². The fourth-order valence-corrected chi connectivity index (χ4v) is 13.6. The Morgan fingerprint density at radius 1 is 0.407 bits per heavy atom. The molecule has 0 saturated carbocycles. The third-order valence-corrected chi connectivity index (χ3v) is 21.1. The number of hydrogen-bond acceptors (Lipinski definition) is 31. The van der Waals surface area contributed by atoms with Gasteiger partial charge in [0, 0.05) is 74.7 Å². The van der Waals surface area contributed by atoms with Crippen molar-refractivity contribution in [2.75, 3.05) is 57.4 Å². The molecule has 1 atom stereocenters. The van der Waals surface area contributed by atoms with E-state index < -0.39 is 80.0 Å². The number of nitrogens with zero attached hydrogens (tertiary/aromatic N) is 16. The van der Waals surface area contributed by atoms with Gasteiger partial charge in [-0.15, -0.1) is 0 Å². The summed E-state index contributed by atoms with van der Waals surface area (Å²) in [4.78, 5) is 97.6. The maximum absolute atomic E-state index is 13.5. The molecule has 1 aliphatic rings. The lowest BCUT2D eigenvalue weighted by Gasteiger charge is -2.33. The van der Waals surface area contributed by atoms with Crippen LogP contribution in [0.1, 0.15) is 79.1 Å². The van der Waals surface area contributed by atoms with Gasteiger partial charge >= 0.3 is 18.3 Å². The van der Waals surface area contributed by atoms with Crippen LogP contribution in [0.3, 0.4) is 0 Å². The van der Waals surface area contributed by atoms with Crippen LogP contribution in [-0.4, -0.2) is 147 Å². The number of nitrogens with one attached hydrogen (secondary N) is 3. The Bertz CT molecular complexity index is 6620. The quantitative estimate of drug-likeness (QED) is 0.0219. The van der Waals surface area contributed by atoms with Crippen molar-refractivity contribution in [1.29, 1.82) is 0 Å². The van der Waals surface area contributed by atoms with Gasteiger partial charge in [-0.3, -0.25) is 0 Å². The molecule has 6 aromatic carbocycles. The molecule has 0 fully saturated rings. The highest BCUT2D eigenvalue weighted by Crippen LogP contribution is 2.38. The molecule has 0 bridgehead atoms. The number of carbonyl (C=O) groups is 3. The molecule has 0 spiro atoms. The Balaban J connectivity index is 0.000000176. The van der Waals surface area contributed by atoms with Gasteiger partial charge in [-0.25, -0.2) is 129 Å². The van der Waals surface area contributed by atoms with Gasteiger partial charge in [0.05, 0.1) is 112 Å². The van der Waals surface area contributed by atoms with E-state index >= 15 is 0 Å². The Hall–Kier alpha value is -14.9. The van der Waals surface area contributed by atoms with E-state index in [0.29, 0.717) is 91.8 Å². The molecule has 0 aliphatic carbocycles. The molecule has 3 amide bonds. The van der Waals surface area contributed by atoms with E-state index in [4.69, 9.17) is 33.2 Å². The molecule has 31 nitrogen and oxygen atoms in total. The Morgan fingerprint density at radius 3 is 1.13 bits per heavy atom. The molecule has 726 valence electrons. The predicted octanol–water partition coefficient (Wildman–Crippen LogP) is 23.8. The zero-order valence-corrected chi connectivity index (χ0v) is 82.6. The SMILES string of the molecule is CC(C)(C)OC(=O)N(C1=CNC(S(C)(=O)=O)=NC1Cc1ccc(F)cc1)c1ccc(Oc2ccc(F)cn2)cc1.CNc1ncc(N(C(=O)OC(C)(C)C)c2ccc(Oc3ccc(F)cn3)cc2)c(Cc2ccc(F)cc2)n1.CSc1ncc(Br)cn1.CSc1ncc(N(C(=O)OC(C)(C)C)c2ccc(Oc3ccc(F)cn3)cc2)cn1.CSc1ncc(Nc2ccc(Oc3ccc(F)cn3)cc2)cn1. The summed E-state index contributed by atoms with van der Waals surface area (Å²) in [5.41, 5.74) is 3.97. The molecule has 8 aromatic heterocycles. The number of hydrogen-bond donors (Lipinski definition) is 3. The average Bonchev–Trinajstić information content (AvgIpc) is 0.784. The average molecular weight is 2050 g/mol. The molecule has 9 heterocycles. The van der Waals surface area contributed by atoms with Gasteiger partial charge in [-0.1, -0.05) is 59.6 Å². The molecule has 140 heavy (non-hydrogen) atoms. The summed E-state index contributed by atoms with van der Waals surface area (Å²) in [6.45, 7) is 15.9. The van der Waals surface area contributed by atoms with Crippen LogP contribution in [0.4, 0.5) is 86.5 Å². The van der Waals surface area contributed by atoms with Gasteiger partial charge in [0.1, 0.15) is 74.7 Å². The number of thioether (sulfide) groups is 3. The van der Waals surface area contributed by atoms with Gasteiger partial charge < -0.3 is 49.1 Å². The highest BCUT2D eigenvalue weighted by atomic mass is 79.9. The minimum atomic E-state index is -3.71. The molecular formula is C98H94BrF6N19O12S4. The van der Waals surface area contributed by atoms with E-state index in [-0.39, 0.29) is 35.0 Å². The summed E-state index contributed by atoms with van der Waals surface area (Å²) in [5.74, 6) is 0.707. The summed E-state index contributed by atoms with van der Waals surface area (Å²) < 4.78 is 144. The molecule has 1 aliphatic heterocycles. The molecule has 15 rings (SSSR count). The highest BCUT2D eigenvalue weighted by molar-refractivity contribution is 9.10. The van der Waals surface area contributed by atoms with Crippen LogP contribution in [0.25, 0.3) is 0 Å².